The highest BCUT2D eigenvalue weighted by molar-refractivity contribution is 6.23. The van der Waals surface area contributed by atoms with E-state index in [2.05, 4.69) is 525 Å². The second-order valence-electron chi connectivity index (χ2n) is 38.2. The molecule has 0 aliphatic heterocycles. The van der Waals surface area contributed by atoms with Gasteiger partial charge in [0.2, 0.25) is 0 Å². The second kappa shape index (κ2) is 32.9. The van der Waals surface area contributed by atoms with Crippen LogP contribution < -0.4 is 0 Å². The maximum atomic E-state index is 2.50. The zero-order valence-electron chi connectivity index (χ0n) is 77.3. The maximum absolute atomic E-state index is 2.50. The molecule has 646 valence electrons. The molecule has 0 fully saturated rings. The van der Waals surface area contributed by atoms with Gasteiger partial charge in [-0.3, -0.25) is 0 Å². The molecule has 0 N–H and O–H groups in total. The van der Waals surface area contributed by atoms with E-state index in [-0.39, 0.29) is 0 Å². The van der Waals surface area contributed by atoms with Crippen LogP contribution in [0.3, 0.4) is 0 Å². The van der Waals surface area contributed by atoms with E-state index in [1.165, 1.54) is 277 Å². The molecule has 0 bridgehead atoms. The van der Waals surface area contributed by atoms with E-state index in [1.54, 1.807) is 0 Å². The van der Waals surface area contributed by atoms with E-state index < -0.39 is 10.8 Å². The third-order valence-corrected chi connectivity index (χ3v) is 30.4. The first kappa shape index (κ1) is 81.6. The monoisotopic (exact) mass is 1750 g/mol. The summed E-state index contributed by atoms with van der Waals surface area (Å²) >= 11 is 0. The molecule has 0 saturated heterocycles. The molecule has 0 unspecified atom stereocenters. The van der Waals surface area contributed by atoms with Crippen molar-refractivity contribution in [1.29, 1.82) is 0 Å². The van der Waals surface area contributed by atoms with Crippen LogP contribution in [0, 0.1) is 27.7 Å². The third kappa shape index (κ3) is 13.2. The quantitative estimate of drug-likeness (QED) is 0.102. The standard InChI is InChI=1S/C83H56.C55H38/c1-53-30-36-65(37-31-53)83(66-38-32-54(2)33-39-66)79-29-12-11-28-73(79)74-40-35-64(52-80(74)83)68-43-42-67(71-26-9-10-27-72(68)71)61-23-15-24-62(50-61)69-44-46-77-78-51-60(59-22-13-20-57(48-59)55-16-5-3-6-17-55)34-41-76(78)81-70(45-47-75(69)82(77)81)63-25-14-21-58(49-63)56-18-7-4-8-19-56;1-35-17-26-42(27-18-35)55(43-28-19-36(2)20-29-43)52-16-6-5-13-47(52)48-30-25-40(34-53(48)55)38-23-21-37(22-24-38)39-9-7-10-41(33-39)44-31-32-51-46-12-4-3-11-45(46)50-15-8-14-49(44)54(50)51/h3-52H,1-2H3;3-34H,1-2H3. The Bertz CT molecular complexity index is 8730. The summed E-state index contributed by atoms with van der Waals surface area (Å²) in [4.78, 5) is 0. The van der Waals surface area contributed by atoms with Crippen LogP contribution in [0.4, 0.5) is 0 Å². The summed E-state index contributed by atoms with van der Waals surface area (Å²) < 4.78 is 0. The average Bonchev–Trinajstić information content (AvgIpc) is 1.54. The van der Waals surface area contributed by atoms with Crippen molar-refractivity contribution >= 4 is 32.3 Å². The number of hydrogen-bond donors (Lipinski definition) is 0. The van der Waals surface area contributed by atoms with Crippen LogP contribution in [0.1, 0.15) is 66.8 Å². The van der Waals surface area contributed by atoms with E-state index in [4.69, 9.17) is 0 Å². The summed E-state index contributed by atoms with van der Waals surface area (Å²) in [5.74, 6) is 0. The summed E-state index contributed by atoms with van der Waals surface area (Å²) in [5, 5.41) is 7.71. The topological polar surface area (TPSA) is 0 Å². The van der Waals surface area contributed by atoms with Gasteiger partial charge in [-0.2, -0.15) is 0 Å². The van der Waals surface area contributed by atoms with Crippen molar-refractivity contribution < 1.29 is 0 Å². The van der Waals surface area contributed by atoms with E-state index in [0.29, 0.717) is 0 Å². The minimum atomic E-state index is -0.488. The molecule has 4 aliphatic carbocycles. The molecular weight excluding hydrogens is 1660 g/mol. The maximum Gasteiger partial charge on any atom is 0.0713 e. The third-order valence-electron chi connectivity index (χ3n) is 30.4. The molecule has 0 amide bonds. The Morgan fingerprint density at radius 3 is 0.841 bits per heavy atom. The van der Waals surface area contributed by atoms with Gasteiger partial charge >= 0.3 is 0 Å². The number of aryl methyl sites for hydroxylation is 4. The minimum Gasteiger partial charge on any atom is -0.0622 e. The molecule has 27 rings (SSSR count). The highest BCUT2D eigenvalue weighted by Gasteiger charge is 2.48. The molecule has 0 atom stereocenters. The zero-order chi connectivity index (χ0) is 91.9. The molecule has 0 radical (unpaired) electrons. The smallest absolute Gasteiger partial charge is 0.0622 e. The van der Waals surface area contributed by atoms with Crippen molar-refractivity contribution in [3.8, 4) is 178 Å². The summed E-state index contributed by atoms with van der Waals surface area (Å²) in [5.41, 5.74) is 54.7. The lowest BCUT2D eigenvalue weighted by Crippen LogP contribution is -2.28. The van der Waals surface area contributed by atoms with Gasteiger partial charge in [-0.15, -0.1) is 0 Å². The Morgan fingerprint density at radius 2 is 0.377 bits per heavy atom. The molecule has 0 heteroatoms. The van der Waals surface area contributed by atoms with E-state index >= 15 is 0 Å². The highest BCUT2D eigenvalue weighted by atomic mass is 14.5. The molecule has 138 heavy (non-hydrogen) atoms. The first-order valence-electron chi connectivity index (χ1n) is 48.4. The Morgan fingerprint density at radius 1 is 0.123 bits per heavy atom. The number of rotatable bonds is 14. The fourth-order valence-corrected chi connectivity index (χ4v) is 23.7. The Labute approximate surface area is 807 Å². The summed E-state index contributed by atoms with van der Waals surface area (Å²) in [6, 6.07) is 187. The van der Waals surface area contributed by atoms with Crippen LogP contribution in [0.15, 0.2) is 497 Å². The van der Waals surface area contributed by atoms with E-state index in [0.717, 1.165) is 0 Å². The first-order chi connectivity index (χ1) is 68.0. The molecular formula is C138H94. The summed E-state index contributed by atoms with van der Waals surface area (Å²) in [6.07, 6.45) is 0. The van der Waals surface area contributed by atoms with Crippen LogP contribution in [-0.2, 0) is 10.8 Å². The predicted octanol–water partition coefficient (Wildman–Crippen LogP) is 36.8. The van der Waals surface area contributed by atoms with E-state index in [9.17, 15) is 0 Å². The lowest BCUT2D eigenvalue weighted by atomic mass is 9.67. The predicted molar refractivity (Wildman–Crippen MR) is 582 cm³/mol. The molecule has 0 heterocycles. The first-order valence-corrected chi connectivity index (χ1v) is 48.4. The Balaban J connectivity index is 0.000000155. The lowest BCUT2D eigenvalue weighted by Gasteiger charge is -2.34. The van der Waals surface area contributed by atoms with Crippen molar-refractivity contribution in [1.82, 2.24) is 0 Å². The van der Waals surface area contributed by atoms with E-state index in [1.807, 2.05) is 0 Å². The fourth-order valence-electron chi connectivity index (χ4n) is 23.7. The van der Waals surface area contributed by atoms with Crippen LogP contribution in [0.5, 0.6) is 0 Å². The lowest BCUT2D eigenvalue weighted by molar-refractivity contribution is 0.768. The normalized spacial score (nSPS) is 12.8. The van der Waals surface area contributed by atoms with Gasteiger partial charge < -0.3 is 0 Å². The molecule has 0 spiro atoms. The zero-order valence-corrected chi connectivity index (χ0v) is 77.3. The second-order valence-corrected chi connectivity index (χ2v) is 38.2. The molecule has 4 aliphatic rings. The fraction of sp³-hybridized carbons (Fsp3) is 0.0435. The van der Waals surface area contributed by atoms with Crippen LogP contribution in [-0.4, -0.2) is 0 Å². The van der Waals surface area contributed by atoms with Crippen LogP contribution in [0.2, 0.25) is 0 Å². The van der Waals surface area contributed by atoms with Crippen molar-refractivity contribution in [3.05, 3.63) is 564 Å². The van der Waals surface area contributed by atoms with Crippen molar-refractivity contribution in [2.75, 3.05) is 0 Å². The summed E-state index contributed by atoms with van der Waals surface area (Å²) in [6.45, 7) is 8.70. The molecule has 0 aromatic heterocycles. The largest absolute Gasteiger partial charge is 0.0713 e. The van der Waals surface area contributed by atoms with Gasteiger partial charge in [0.15, 0.2) is 0 Å². The van der Waals surface area contributed by atoms with Gasteiger partial charge in [-0.05, 0) is 325 Å². The minimum absolute atomic E-state index is 0.421. The van der Waals surface area contributed by atoms with Gasteiger partial charge in [0.1, 0.15) is 0 Å². The number of benzene rings is 23. The van der Waals surface area contributed by atoms with Crippen LogP contribution in [0.25, 0.3) is 210 Å². The molecule has 0 nitrogen and oxygen atoms in total. The average molecular weight is 1750 g/mol. The van der Waals surface area contributed by atoms with Crippen molar-refractivity contribution in [2.45, 2.75) is 38.5 Å². The van der Waals surface area contributed by atoms with Crippen molar-refractivity contribution in [3.63, 3.8) is 0 Å². The molecule has 0 saturated carbocycles. The van der Waals surface area contributed by atoms with Gasteiger partial charge in [0, 0.05) is 0 Å². The Kier molecular flexibility index (Phi) is 19.4. The van der Waals surface area contributed by atoms with Crippen LogP contribution >= 0.6 is 0 Å². The van der Waals surface area contributed by atoms with Gasteiger partial charge in [0.05, 0.1) is 10.8 Å². The Hall–Kier alpha value is -17.2. The summed E-state index contributed by atoms with van der Waals surface area (Å²) in [7, 11) is 0. The number of hydrogen-bond acceptors (Lipinski definition) is 0. The van der Waals surface area contributed by atoms with Crippen molar-refractivity contribution in [2.24, 2.45) is 0 Å². The van der Waals surface area contributed by atoms with Gasteiger partial charge in [-0.1, -0.05) is 477 Å². The highest BCUT2D eigenvalue weighted by Crippen LogP contribution is 2.61. The SMILES string of the molecule is Cc1ccc(C2(c3ccc(C)cc3)c3ccccc3-c3ccc(-c4ccc(-c5cccc(-c6ccc7c8c(c(-c9cccc(-c%10ccccc%10)c9)ccc68)-c6ccc(-c8cccc(-c9ccccc9)c8)cc6-7)c5)c5ccccc45)cc32)cc1.Cc1ccc(C2(c3ccc(C)cc3)c3ccccc3-c3ccc(-c4ccc(-c5cccc(-c6ccc7c8c(cccc68)-c6ccccc6-7)c5)cc4)cc32)cc1. The number of fused-ring (bicyclic) bond motifs is 13. The molecule has 23 aromatic carbocycles. The van der Waals surface area contributed by atoms with Gasteiger partial charge in [0.25, 0.3) is 0 Å². The molecule has 23 aromatic rings. The van der Waals surface area contributed by atoms with Gasteiger partial charge in [-0.25, -0.2) is 0 Å².